The van der Waals surface area contributed by atoms with Crippen LogP contribution in [0.1, 0.15) is 5.56 Å². The van der Waals surface area contributed by atoms with Gasteiger partial charge >= 0.3 is 0 Å². The van der Waals surface area contributed by atoms with Crippen LogP contribution >= 0.6 is 39.3 Å². The fourth-order valence-electron chi connectivity index (χ4n) is 1.03. The molecule has 0 aromatic heterocycles. The zero-order valence-electron chi connectivity index (χ0n) is 7.93. The molecule has 0 saturated heterocycles. The van der Waals surface area contributed by atoms with E-state index < -0.39 is 0 Å². The molecule has 14 heavy (non-hydrogen) atoms. The molecule has 0 amide bonds. The molecule has 1 rings (SSSR count). The number of ether oxygens (including phenoxy) is 1. The Labute approximate surface area is 102 Å². The Morgan fingerprint density at radius 3 is 2.93 bits per heavy atom. The van der Waals surface area contributed by atoms with Crippen LogP contribution in [0.4, 0.5) is 0 Å². The normalized spacial score (nSPS) is 10.2. The third kappa shape index (κ3) is 3.71. The van der Waals surface area contributed by atoms with Gasteiger partial charge in [-0.25, -0.2) is 0 Å². The lowest BCUT2D eigenvalue weighted by Gasteiger charge is -2.09. The molecule has 0 bridgehead atoms. The van der Waals surface area contributed by atoms with Crippen molar-refractivity contribution in [1.82, 2.24) is 0 Å². The standard InChI is InChI=1S/C10H12BrClOS/c1-14-5-4-13-10-3-2-9(12)6-8(10)7-11/h2-3,6H,4-5,7H2,1H3. The highest BCUT2D eigenvalue weighted by atomic mass is 79.9. The minimum absolute atomic E-state index is 0.739. The smallest absolute Gasteiger partial charge is 0.123 e. The highest BCUT2D eigenvalue weighted by Crippen LogP contribution is 2.24. The molecular formula is C10H12BrClOS. The maximum atomic E-state index is 5.88. The Kier molecular flexibility index (Phi) is 5.75. The Hall–Kier alpha value is 0.140. The van der Waals surface area contributed by atoms with Crippen molar-refractivity contribution in [3.05, 3.63) is 28.8 Å². The third-order valence-corrected chi connectivity index (χ3v) is 3.13. The van der Waals surface area contributed by atoms with Crippen LogP contribution in [-0.2, 0) is 5.33 Å². The van der Waals surface area contributed by atoms with Crippen molar-refractivity contribution in [3.63, 3.8) is 0 Å². The highest BCUT2D eigenvalue weighted by molar-refractivity contribution is 9.08. The summed E-state index contributed by atoms with van der Waals surface area (Å²) in [6.45, 7) is 0.739. The summed E-state index contributed by atoms with van der Waals surface area (Å²) < 4.78 is 5.61. The number of halogens is 2. The summed E-state index contributed by atoms with van der Waals surface area (Å²) in [6.07, 6.45) is 2.07. The molecular weight excluding hydrogens is 284 g/mol. The van der Waals surface area contributed by atoms with Gasteiger partial charge < -0.3 is 4.74 Å². The monoisotopic (exact) mass is 294 g/mol. The molecule has 0 N–H and O–H groups in total. The number of hydrogen-bond acceptors (Lipinski definition) is 2. The second kappa shape index (κ2) is 6.59. The minimum atomic E-state index is 0.739. The van der Waals surface area contributed by atoms with Gasteiger partial charge in [-0.15, -0.1) is 0 Å². The number of thioether (sulfide) groups is 1. The number of rotatable bonds is 5. The predicted molar refractivity (Wildman–Crippen MR) is 68.0 cm³/mol. The van der Waals surface area contributed by atoms with Crippen molar-refractivity contribution in [3.8, 4) is 5.75 Å². The minimum Gasteiger partial charge on any atom is -0.492 e. The van der Waals surface area contributed by atoms with Crippen LogP contribution in [0, 0.1) is 0 Å². The second-order valence-corrected chi connectivity index (χ2v) is 4.71. The van der Waals surface area contributed by atoms with Crippen LogP contribution in [-0.4, -0.2) is 18.6 Å². The largest absolute Gasteiger partial charge is 0.492 e. The van der Waals surface area contributed by atoms with Crippen LogP contribution in [0.15, 0.2) is 18.2 Å². The molecule has 0 saturated carbocycles. The van der Waals surface area contributed by atoms with Gasteiger partial charge in [-0.05, 0) is 24.5 Å². The molecule has 1 aromatic rings. The van der Waals surface area contributed by atoms with E-state index >= 15 is 0 Å². The molecule has 0 radical (unpaired) electrons. The number of alkyl halides is 1. The third-order valence-electron chi connectivity index (χ3n) is 1.71. The molecule has 1 aromatic carbocycles. The first-order valence-electron chi connectivity index (χ1n) is 4.24. The summed E-state index contributed by atoms with van der Waals surface area (Å²) in [6, 6.07) is 5.69. The van der Waals surface area contributed by atoms with Gasteiger partial charge in [-0.3, -0.25) is 0 Å². The van der Waals surface area contributed by atoms with E-state index in [1.54, 1.807) is 11.8 Å². The van der Waals surface area contributed by atoms with Gasteiger partial charge in [0.25, 0.3) is 0 Å². The molecule has 0 atom stereocenters. The van der Waals surface area contributed by atoms with Crippen molar-refractivity contribution in [2.45, 2.75) is 5.33 Å². The average Bonchev–Trinajstić information content (AvgIpc) is 2.20. The molecule has 0 unspecified atom stereocenters. The van der Waals surface area contributed by atoms with Gasteiger partial charge in [0.1, 0.15) is 5.75 Å². The van der Waals surface area contributed by atoms with Gasteiger partial charge in [0, 0.05) is 21.7 Å². The zero-order valence-corrected chi connectivity index (χ0v) is 11.1. The van der Waals surface area contributed by atoms with Crippen molar-refractivity contribution in [1.29, 1.82) is 0 Å². The van der Waals surface area contributed by atoms with Crippen LogP contribution in [0.5, 0.6) is 5.75 Å². The van der Waals surface area contributed by atoms with Crippen LogP contribution < -0.4 is 4.74 Å². The average molecular weight is 296 g/mol. The Morgan fingerprint density at radius 2 is 2.29 bits per heavy atom. The molecule has 0 aliphatic rings. The SMILES string of the molecule is CSCCOc1ccc(Cl)cc1CBr. The number of benzene rings is 1. The maximum absolute atomic E-state index is 5.88. The van der Waals surface area contributed by atoms with Crippen molar-refractivity contribution in [2.24, 2.45) is 0 Å². The number of hydrogen-bond donors (Lipinski definition) is 0. The van der Waals surface area contributed by atoms with Gasteiger partial charge in [-0.1, -0.05) is 27.5 Å². The van der Waals surface area contributed by atoms with Gasteiger partial charge in [0.15, 0.2) is 0 Å². The van der Waals surface area contributed by atoms with E-state index in [0.29, 0.717) is 0 Å². The molecule has 0 spiro atoms. The maximum Gasteiger partial charge on any atom is 0.123 e. The molecule has 0 heterocycles. The summed E-state index contributed by atoms with van der Waals surface area (Å²) in [7, 11) is 0. The highest BCUT2D eigenvalue weighted by Gasteiger charge is 2.02. The molecule has 1 nitrogen and oxygen atoms in total. The lowest BCUT2D eigenvalue weighted by atomic mass is 10.2. The lowest BCUT2D eigenvalue weighted by Crippen LogP contribution is -2.01. The fraction of sp³-hybridized carbons (Fsp3) is 0.400. The van der Waals surface area contributed by atoms with Crippen LogP contribution in [0.2, 0.25) is 5.02 Å². The Balaban J connectivity index is 2.65. The second-order valence-electron chi connectivity index (χ2n) is 2.73. The van der Waals surface area contributed by atoms with Gasteiger partial charge in [-0.2, -0.15) is 11.8 Å². The summed E-state index contributed by atoms with van der Waals surface area (Å²) in [5.41, 5.74) is 1.10. The summed E-state index contributed by atoms with van der Waals surface area (Å²) in [5, 5.41) is 1.51. The first-order valence-corrected chi connectivity index (χ1v) is 7.13. The van der Waals surface area contributed by atoms with E-state index in [4.69, 9.17) is 16.3 Å². The van der Waals surface area contributed by atoms with Crippen molar-refractivity contribution in [2.75, 3.05) is 18.6 Å². The molecule has 0 aliphatic heterocycles. The lowest BCUT2D eigenvalue weighted by molar-refractivity contribution is 0.341. The van der Waals surface area contributed by atoms with Gasteiger partial charge in [0.2, 0.25) is 0 Å². The first kappa shape index (κ1) is 12.2. The van der Waals surface area contributed by atoms with Crippen molar-refractivity contribution < 1.29 is 4.74 Å². The molecule has 0 fully saturated rings. The van der Waals surface area contributed by atoms with Gasteiger partial charge in [0.05, 0.1) is 6.61 Å². The predicted octanol–water partition coefficient (Wildman–Crippen LogP) is 3.98. The van der Waals surface area contributed by atoms with E-state index in [-0.39, 0.29) is 0 Å². The Morgan fingerprint density at radius 1 is 1.50 bits per heavy atom. The van der Waals surface area contributed by atoms with E-state index in [0.717, 1.165) is 34.0 Å². The van der Waals surface area contributed by atoms with E-state index in [1.165, 1.54) is 0 Å². The van der Waals surface area contributed by atoms with E-state index in [9.17, 15) is 0 Å². The van der Waals surface area contributed by atoms with E-state index in [1.807, 2.05) is 18.2 Å². The van der Waals surface area contributed by atoms with Crippen molar-refractivity contribution >= 4 is 39.3 Å². The first-order chi connectivity index (χ1) is 6.77. The molecule has 4 heteroatoms. The zero-order chi connectivity index (χ0) is 10.4. The Bertz CT molecular complexity index is 293. The fourth-order valence-corrected chi connectivity index (χ4v) is 1.91. The van der Waals surface area contributed by atoms with E-state index in [2.05, 4.69) is 22.2 Å². The molecule has 0 aliphatic carbocycles. The summed E-state index contributed by atoms with van der Waals surface area (Å²) >= 11 is 11.1. The quantitative estimate of drug-likeness (QED) is 0.600. The summed E-state index contributed by atoms with van der Waals surface area (Å²) in [5.74, 6) is 1.92. The van der Waals surface area contributed by atoms with Crippen LogP contribution in [0.25, 0.3) is 0 Å². The topological polar surface area (TPSA) is 9.23 Å². The molecule has 78 valence electrons. The summed E-state index contributed by atoms with van der Waals surface area (Å²) in [4.78, 5) is 0. The van der Waals surface area contributed by atoms with Crippen LogP contribution in [0.3, 0.4) is 0 Å².